The van der Waals surface area contributed by atoms with Gasteiger partial charge in [-0.1, -0.05) is 43.1 Å². The summed E-state index contributed by atoms with van der Waals surface area (Å²) in [6.45, 7) is 4.18. The van der Waals surface area contributed by atoms with Crippen LogP contribution in [-0.2, 0) is 0 Å². The van der Waals surface area contributed by atoms with Gasteiger partial charge in [0.05, 0.1) is 10.0 Å². The average Bonchev–Trinajstić information content (AvgIpc) is 2.00. The summed E-state index contributed by atoms with van der Waals surface area (Å²) < 4.78 is 0.846. The van der Waals surface area contributed by atoms with E-state index in [4.69, 9.17) is 23.2 Å². The number of hydrogen-bond donors (Lipinski definition) is 0. The lowest BCUT2D eigenvalue weighted by Gasteiger charge is -2.09. The third kappa shape index (κ3) is 1.95. The molecule has 1 aromatic carbocycles. The Labute approximate surface area is 91.0 Å². The van der Waals surface area contributed by atoms with Crippen molar-refractivity contribution in [1.82, 2.24) is 0 Å². The van der Waals surface area contributed by atoms with Crippen LogP contribution in [0.15, 0.2) is 16.6 Å². The van der Waals surface area contributed by atoms with E-state index in [9.17, 15) is 0 Å². The molecule has 0 amide bonds. The molecule has 0 aliphatic rings. The highest BCUT2D eigenvalue weighted by Crippen LogP contribution is 2.35. The molecule has 0 bridgehead atoms. The maximum atomic E-state index is 6.03. The highest BCUT2D eigenvalue weighted by atomic mass is 79.9. The van der Waals surface area contributed by atoms with E-state index in [-0.39, 0.29) is 0 Å². The van der Waals surface area contributed by atoms with Crippen LogP contribution < -0.4 is 0 Å². The molecular formula is C9H9BrCl2. The van der Waals surface area contributed by atoms with Crippen LogP contribution in [-0.4, -0.2) is 0 Å². The quantitative estimate of drug-likeness (QED) is 0.637. The lowest BCUT2D eigenvalue weighted by molar-refractivity contribution is 0.866. The Bertz CT molecular complexity index is 295. The lowest BCUT2D eigenvalue weighted by atomic mass is 10.0. The van der Waals surface area contributed by atoms with Crippen molar-refractivity contribution in [2.75, 3.05) is 0 Å². The van der Waals surface area contributed by atoms with Crippen molar-refractivity contribution >= 4 is 39.1 Å². The fraction of sp³-hybridized carbons (Fsp3) is 0.333. The highest BCUT2D eigenvalue weighted by Gasteiger charge is 2.10. The van der Waals surface area contributed by atoms with Crippen LogP contribution >= 0.6 is 39.1 Å². The molecule has 0 saturated carbocycles. The average molecular weight is 268 g/mol. The predicted octanol–water partition coefficient (Wildman–Crippen LogP) is 4.88. The molecule has 0 nitrogen and oxygen atoms in total. The summed E-state index contributed by atoms with van der Waals surface area (Å²) in [5.41, 5.74) is 1.09. The molecule has 12 heavy (non-hydrogen) atoms. The van der Waals surface area contributed by atoms with Crippen LogP contribution in [0.2, 0.25) is 10.0 Å². The van der Waals surface area contributed by atoms with E-state index in [1.165, 1.54) is 0 Å². The summed E-state index contributed by atoms with van der Waals surface area (Å²) in [7, 11) is 0. The van der Waals surface area contributed by atoms with Gasteiger partial charge in [0.25, 0.3) is 0 Å². The Kier molecular flexibility index (Phi) is 3.45. The van der Waals surface area contributed by atoms with E-state index >= 15 is 0 Å². The smallest absolute Gasteiger partial charge is 0.0737 e. The number of rotatable bonds is 1. The monoisotopic (exact) mass is 266 g/mol. The summed E-state index contributed by atoms with van der Waals surface area (Å²) in [6, 6.07) is 3.91. The topological polar surface area (TPSA) is 0 Å². The van der Waals surface area contributed by atoms with Crippen LogP contribution in [0.1, 0.15) is 25.3 Å². The van der Waals surface area contributed by atoms with Crippen molar-refractivity contribution in [1.29, 1.82) is 0 Å². The van der Waals surface area contributed by atoms with Gasteiger partial charge in [-0.05, 0) is 33.5 Å². The van der Waals surface area contributed by atoms with Crippen LogP contribution in [0.25, 0.3) is 0 Å². The Morgan fingerprint density at radius 3 is 2.25 bits per heavy atom. The Morgan fingerprint density at radius 1 is 1.17 bits per heavy atom. The Hall–Kier alpha value is 0.280. The molecule has 66 valence electrons. The number of benzene rings is 1. The largest absolute Gasteiger partial charge is 0.0824 e. The van der Waals surface area contributed by atoms with Crippen LogP contribution in [0.3, 0.4) is 0 Å². The molecule has 0 heterocycles. The predicted molar refractivity (Wildman–Crippen MR) is 58.3 cm³/mol. The zero-order valence-electron chi connectivity index (χ0n) is 6.87. The molecule has 0 aromatic heterocycles. The van der Waals surface area contributed by atoms with Crippen LogP contribution in [0.5, 0.6) is 0 Å². The van der Waals surface area contributed by atoms with Crippen LogP contribution in [0.4, 0.5) is 0 Å². The maximum Gasteiger partial charge on any atom is 0.0737 e. The third-order valence-corrected chi connectivity index (χ3v) is 3.47. The van der Waals surface area contributed by atoms with Crippen molar-refractivity contribution in [2.45, 2.75) is 19.8 Å². The summed E-state index contributed by atoms with van der Waals surface area (Å²) in [5.74, 6) is 0.406. The van der Waals surface area contributed by atoms with E-state index in [2.05, 4.69) is 29.8 Å². The summed E-state index contributed by atoms with van der Waals surface area (Å²) >= 11 is 15.3. The van der Waals surface area contributed by atoms with Crippen molar-refractivity contribution in [3.05, 3.63) is 32.2 Å². The molecule has 1 rings (SSSR count). The zero-order valence-corrected chi connectivity index (χ0v) is 9.96. The molecular weight excluding hydrogens is 259 g/mol. The molecule has 3 heteroatoms. The van der Waals surface area contributed by atoms with Gasteiger partial charge in [0.1, 0.15) is 0 Å². The molecule has 1 aromatic rings. The van der Waals surface area contributed by atoms with Gasteiger partial charge in [-0.2, -0.15) is 0 Å². The molecule has 0 saturated heterocycles. The summed E-state index contributed by atoms with van der Waals surface area (Å²) in [4.78, 5) is 0. The summed E-state index contributed by atoms with van der Waals surface area (Å²) in [6.07, 6.45) is 0. The molecule has 0 spiro atoms. The maximum absolute atomic E-state index is 6.03. The van der Waals surface area contributed by atoms with Gasteiger partial charge in [-0.15, -0.1) is 0 Å². The van der Waals surface area contributed by atoms with E-state index in [1.54, 1.807) is 0 Å². The third-order valence-electron chi connectivity index (χ3n) is 1.69. The fourth-order valence-electron chi connectivity index (χ4n) is 0.987. The van der Waals surface area contributed by atoms with Crippen molar-refractivity contribution in [3.8, 4) is 0 Å². The first-order chi connectivity index (χ1) is 5.54. The molecule has 0 radical (unpaired) electrons. The number of hydrogen-bond acceptors (Lipinski definition) is 0. The van der Waals surface area contributed by atoms with Crippen molar-refractivity contribution in [2.24, 2.45) is 0 Å². The second-order valence-electron chi connectivity index (χ2n) is 2.92. The van der Waals surface area contributed by atoms with Gasteiger partial charge < -0.3 is 0 Å². The zero-order chi connectivity index (χ0) is 9.30. The van der Waals surface area contributed by atoms with Crippen LogP contribution in [0, 0.1) is 0 Å². The minimum absolute atomic E-state index is 0.406. The first-order valence-corrected chi connectivity index (χ1v) is 5.22. The molecule has 0 N–H and O–H groups in total. The fourth-order valence-corrected chi connectivity index (χ4v) is 1.99. The van der Waals surface area contributed by atoms with E-state index < -0.39 is 0 Å². The van der Waals surface area contributed by atoms with Gasteiger partial charge in [0, 0.05) is 4.47 Å². The second kappa shape index (κ2) is 3.99. The normalized spacial score (nSPS) is 10.8. The molecule has 0 fully saturated rings. The van der Waals surface area contributed by atoms with E-state index in [0.717, 1.165) is 10.0 Å². The molecule has 0 unspecified atom stereocenters. The minimum atomic E-state index is 0.406. The molecule has 0 aliphatic carbocycles. The van der Waals surface area contributed by atoms with Crippen molar-refractivity contribution in [3.63, 3.8) is 0 Å². The van der Waals surface area contributed by atoms with E-state index in [1.807, 2.05) is 12.1 Å². The van der Waals surface area contributed by atoms with Gasteiger partial charge in [-0.3, -0.25) is 0 Å². The highest BCUT2D eigenvalue weighted by molar-refractivity contribution is 9.10. The minimum Gasteiger partial charge on any atom is -0.0824 e. The standard InChI is InChI=1S/C9H9BrCl2/c1-5(2)6-3-4-7(10)9(12)8(6)11/h3-5H,1-2H3. The summed E-state index contributed by atoms with van der Waals surface area (Å²) in [5, 5.41) is 1.25. The second-order valence-corrected chi connectivity index (χ2v) is 4.53. The first-order valence-electron chi connectivity index (χ1n) is 3.67. The SMILES string of the molecule is CC(C)c1ccc(Br)c(Cl)c1Cl. The number of halogens is 3. The molecule has 0 aliphatic heterocycles. The van der Waals surface area contributed by atoms with Gasteiger partial charge in [0.2, 0.25) is 0 Å². The first kappa shape index (κ1) is 10.4. The van der Waals surface area contributed by atoms with Gasteiger partial charge in [0.15, 0.2) is 0 Å². The van der Waals surface area contributed by atoms with Gasteiger partial charge in [-0.25, -0.2) is 0 Å². The van der Waals surface area contributed by atoms with Crippen molar-refractivity contribution < 1.29 is 0 Å². The Morgan fingerprint density at radius 2 is 1.75 bits per heavy atom. The lowest BCUT2D eigenvalue weighted by Crippen LogP contribution is -1.89. The Balaban J connectivity index is 3.27. The van der Waals surface area contributed by atoms with Gasteiger partial charge >= 0.3 is 0 Å². The molecule has 0 atom stereocenters. The van der Waals surface area contributed by atoms with E-state index in [0.29, 0.717) is 16.0 Å².